The van der Waals surface area contributed by atoms with E-state index in [2.05, 4.69) is 68.8 Å². The van der Waals surface area contributed by atoms with E-state index in [1.54, 1.807) is 18.2 Å². The van der Waals surface area contributed by atoms with Crippen LogP contribution in [-0.2, 0) is 10.2 Å². The van der Waals surface area contributed by atoms with Crippen molar-refractivity contribution in [3.8, 4) is 11.5 Å². The molecule has 0 bridgehead atoms. The van der Waals surface area contributed by atoms with Gasteiger partial charge in [-0.1, -0.05) is 26.8 Å². The molecule has 0 aliphatic rings. The van der Waals surface area contributed by atoms with Crippen LogP contribution in [0.3, 0.4) is 0 Å². The summed E-state index contributed by atoms with van der Waals surface area (Å²) in [5.41, 5.74) is 6.39. The van der Waals surface area contributed by atoms with Gasteiger partial charge in [0.25, 0.3) is 11.8 Å². The van der Waals surface area contributed by atoms with Crippen molar-refractivity contribution in [2.24, 2.45) is 0 Å². The van der Waals surface area contributed by atoms with Crippen LogP contribution in [0, 0.1) is 0 Å². The molecule has 2 aromatic rings. The average molecular weight is 587 g/mol. The van der Waals surface area contributed by atoms with E-state index in [9.17, 15) is 9.59 Å². The number of nitrogens with one attached hydrogen (secondary N) is 3. The Morgan fingerprint density at radius 3 is 2.19 bits per heavy atom. The zero-order chi connectivity index (χ0) is 23.9. The summed E-state index contributed by atoms with van der Waals surface area (Å²) >= 11 is 11.9. The lowest BCUT2D eigenvalue weighted by atomic mass is 9.87. The first-order valence-corrected chi connectivity index (χ1v) is 11.8. The molecule has 172 valence electrons. The lowest BCUT2D eigenvalue weighted by molar-refractivity contribution is -0.123. The zero-order valence-electron chi connectivity index (χ0n) is 18.2. The van der Waals surface area contributed by atoms with Gasteiger partial charge in [0.05, 0.1) is 15.6 Å². The van der Waals surface area contributed by atoms with E-state index in [-0.39, 0.29) is 17.1 Å². The van der Waals surface area contributed by atoms with Crippen molar-refractivity contribution in [2.75, 3.05) is 13.2 Å². The van der Waals surface area contributed by atoms with E-state index in [4.69, 9.17) is 21.7 Å². The first-order valence-electron chi connectivity index (χ1n) is 9.76. The van der Waals surface area contributed by atoms with E-state index in [1.807, 2.05) is 25.1 Å². The molecule has 0 spiro atoms. The van der Waals surface area contributed by atoms with Crippen molar-refractivity contribution < 1.29 is 19.1 Å². The Balaban J connectivity index is 1.81. The lowest BCUT2D eigenvalue weighted by Crippen LogP contribution is -2.49. The first kappa shape index (κ1) is 26.1. The van der Waals surface area contributed by atoms with E-state index >= 15 is 0 Å². The number of hydrogen-bond acceptors (Lipinski definition) is 5. The number of rotatable bonds is 6. The van der Waals surface area contributed by atoms with Crippen molar-refractivity contribution in [2.45, 2.75) is 33.1 Å². The summed E-state index contributed by atoms with van der Waals surface area (Å²) in [4.78, 5) is 24.4. The topological polar surface area (TPSA) is 88.7 Å². The number of hydrazine groups is 1. The number of halogens is 2. The van der Waals surface area contributed by atoms with Crippen LogP contribution >= 0.6 is 44.1 Å². The summed E-state index contributed by atoms with van der Waals surface area (Å²) in [5.74, 6) is 0.290. The highest BCUT2D eigenvalue weighted by molar-refractivity contribution is 9.10. The van der Waals surface area contributed by atoms with E-state index in [1.165, 1.54) is 0 Å². The number of amides is 2. The van der Waals surface area contributed by atoms with Crippen LogP contribution in [-0.4, -0.2) is 30.1 Å². The van der Waals surface area contributed by atoms with Gasteiger partial charge < -0.3 is 9.47 Å². The van der Waals surface area contributed by atoms with Gasteiger partial charge in [-0.05, 0) is 92.3 Å². The molecule has 0 saturated heterocycles. The van der Waals surface area contributed by atoms with Crippen molar-refractivity contribution in [3.05, 3.63) is 56.5 Å². The number of thiocarbonyl (C=S) groups is 1. The smallest absolute Gasteiger partial charge is 0.276 e. The number of hydrogen-bond donors (Lipinski definition) is 3. The van der Waals surface area contributed by atoms with Crippen LogP contribution in [0.25, 0.3) is 0 Å². The quantitative estimate of drug-likeness (QED) is 0.338. The van der Waals surface area contributed by atoms with Gasteiger partial charge in [0, 0.05) is 5.56 Å². The van der Waals surface area contributed by atoms with Crippen molar-refractivity contribution in [1.82, 2.24) is 16.2 Å². The van der Waals surface area contributed by atoms with Crippen LogP contribution in [0.5, 0.6) is 11.5 Å². The molecule has 0 atom stereocenters. The minimum absolute atomic E-state index is 0.00385. The van der Waals surface area contributed by atoms with Gasteiger partial charge in [0.1, 0.15) is 11.5 Å². The Labute approximate surface area is 209 Å². The highest BCUT2D eigenvalue weighted by Crippen LogP contribution is 2.31. The first-order chi connectivity index (χ1) is 15.0. The third-order valence-electron chi connectivity index (χ3n) is 4.19. The highest BCUT2D eigenvalue weighted by Gasteiger charge is 2.16. The molecule has 3 N–H and O–H groups in total. The molecule has 32 heavy (non-hydrogen) atoms. The molecule has 2 aromatic carbocycles. The van der Waals surface area contributed by atoms with Crippen molar-refractivity contribution >= 4 is 61.0 Å². The molecule has 2 rings (SSSR count). The largest absolute Gasteiger partial charge is 0.493 e. The van der Waals surface area contributed by atoms with Gasteiger partial charge in [-0.3, -0.25) is 25.8 Å². The Kier molecular flexibility index (Phi) is 9.47. The summed E-state index contributed by atoms with van der Waals surface area (Å²) in [5, 5.41) is 2.44. The maximum atomic E-state index is 12.3. The second-order valence-electron chi connectivity index (χ2n) is 7.72. The second-order valence-corrected chi connectivity index (χ2v) is 9.84. The fraction of sp³-hybridized carbons (Fsp3) is 0.318. The Morgan fingerprint density at radius 2 is 1.59 bits per heavy atom. The summed E-state index contributed by atoms with van der Waals surface area (Å²) in [6, 6.07) is 10.7. The Hall–Kier alpha value is -2.17. The molecule has 0 aromatic heterocycles. The monoisotopic (exact) mass is 585 g/mol. The van der Waals surface area contributed by atoms with E-state index in [0.717, 1.165) is 10.0 Å². The molecular weight excluding hydrogens is 562 g/mol. The van der Waals surface area contributed by atoms with Gasteiger partial charge in [-0.15, -0.1) is 0 Å². The number of ether oxygens (including phenoxy) is 2. The standard InChI is InChI=1S/C22H25Br2N3O4S/c1-5-30-17-8-6-13(10-15(17)23)20(29)25-21(32)27-26-19(28)12-31-18-9-7-14(11-16(18)24)22(2,3)4/h6-11H,5,12H2,1-4H3,(H,26,28)(H2,25,27,29,32). The molecule has 0 aliphatic heterocycles. The van der Waals surface area contributed by atoms with Crippen LogP contribution in [0.1, 0.15) is 43.6 Å². The molecular formula is C22H25Br2N3O4S. The van der Waals surface area contributed by atoms with Gasteiger partial charge in [0.15, 0.2) is 11.7 Å². The third-order valence-corrected chi connectivity index (χ3v) is 5.64. The molecule has 0 aliphatic carbocycles. The number of benzene rings is 2. The normalized spacial score (nSPS) is 10.8. The van der Waals surface area contributed by atoms with Crippen LogP contribution in [0.2, 0.25) is 0 Å². The minimum Gasteiger partial charge on any atom is -0.493 e. The number of carbonyl (C=O) groups is 2. The molecule has 0 unspecified atom stereocenters. The molecule has 0 fully saturated rings. The zero-order valence-corrected chi connectivity index (χ0v) is 22.2. The van der Waals surface area contributed by atoms with E-state index < -0.39 is 11.8 Å². The summed E-state index contributed by atoms with van der Waals surface area (Å²) in [7, 11) is 0. The molecule has 0 heterocycles. The summed E-state index contributed by atoms with van der Waals surface area (Å²) in [6.07, 6.45) is 0. The van der Waals surface area contributed by atoms with Gasteiger partial charge in [-0.25, -0.2) is 0 Å². The summed E-state index contributed by atoms with van der Waals surface area (Å²) < 4.78 is 12.4. The Bertz CT molecular complexity index is 1010. The third kappa shape index (κ3) is 7.75. The minimum atomic E-state index is -0.461. The lowest BCUT2D eigenvalue weighted by Gasteiger charge is -2.20. The maximum absolute atomic E-state index is 12.3. The van der Waals surface area contributed by atoms with Gasteiger partial charge in [0.2, 0.25) is 0 Å². The average Bonchev–Trinajstić information content (AvgIpc) is 2.72. The van der Waals surface area contributed by atoms with Gasteiger partial charge in [-0.2, -0.15) is 0 Å². The molecule has 7 nitrogen and oxygen atoms in total. The molecule has 10 heteroatoms. The van der Waals surface area contributed by atoms with Crippen molar-refractivity contribution in [3.63, 3.8) is 0 Å². The predicted molar refractivity (Wildman–Crippen MR) is 135 cm³/mol. The van der Waals surface area contributed by atoms with Crippen LogP contribution in [0.15, 0.2) is 45.3 Å². The maximum Gasteiger partial charge on any atom is 0.276 e. The Morgan fingerprint density at radius 1 is 0.969 bits per heavy atom. The van der Waals surface area contributed by atoms with E-state index in [0.29, 0.717) is 28.1 Å². The van der Waals surface area contributed by atoms with Crippen LogP contribution in [0.4, 0.5) is 0 Å². The fourth-order valence-electron chi connectivity index (χ4n) is 2.51. The predicted octanol–water partition coefficient (Wildman–Crippen LogP) is 4.62. The summed E-state index contributed by atoms with van der Waals surface area (Å²) in [6.45, 7) is 8.50. The SMILES string of the molecule is CCOc1ccc(C(=O)NC(=S)NNC(=O)COc2ccc(C(C)(C)C)cc2Br)cc1Br. The number of carbonyl (C=O) groups excluding carboxylic acids is 2. The van der Waals surface area contributed by atoms with Crippen molar-refractivity contribution in [1.29, 1.82) is 0 Å². The molecule has 0 saturated carbocycles. The molecule has 2 amide bonds. The highest BCUT2D eigenvalue weighted by atomic mass is 79.9. The second kappa shape index (κ2) is 11.6. The van der Waals surface area contributed by atoms with Gasteiger partial charge >= 0.3 is 0 Å². The fourth-order valence-corrected chi connectivity index (χ4v) is 3.64. The molecule has 0 radical (unpaired) electrons. The van der Waals surface area contributed by atoms with Crippen LogP contribution < -0.4 is 25.6 Å².